The molecule has 1 atom stereocenters. The maximum atomic E-state index is 12.3. The first-order valence-corrected chi connectivity index (χ1v) is 7.75. The number of aryl methyl sites for hydroxylation is 1. The molecule has 1 saturated heterocycles. The van der Waals surface area contributed by atoms with E-state index in [1.54, 1.807) is 6.08 Å². The van der Waals surface area contributed by atoms with Gasteiger partial charge in [0.25, 0.3) is 5.91 Å². The van der Waals surface area contributed by atoms with E-state index >= 15 is 0 Å². The number of carbonyl (C=O) groups excluding carboxylic acids is 1. The van der Waals surface area contributed by atoms with E-state index in [2.05, 4.69) is 6.92 Å². The molecule has 0 radical (unpaired) electrons. The SMILES string of the molecule is CCc1ccc(/C=C2\SC(=S)N([C@@H](C)C(=O)O)C2=O)cc1. The predicted octanol–water partition coefficient (Wildman–Crippen LogP) is 2.92. The van der Waals surface area contributed by atoms with Crippen molar-refractivity contribution >= 4 is 46.3 Å². The second-order valence-electron chi connectivity index (χ2n) is 4.66. The van der Waals surface area contributed by atoms with Gasteiger partial charge >= 0.3 is 5.97 Å². The molecule has 21 heavy (non-hydrogen) atoms. The summed E-state index contributed by atoms with van der Waals surface area (Å²) in [4.78, 5) is 24.9. The van der Waals surface area contributed by atoms with Crippen molar-refractivity contribution in [3.8, 4) is 0 Å². The van der Waals surface area contributed by atoms with Crippen molar-refractivity contribution in [2.24, 2.45) is 0 Å². The molecule has 0 spiro atoms. The molecule has 1 fully saturated rings. The number of benzene rings is 1. The van der Waals surface area contributed by atoms with Gasteiger partial charge in [-0.1, -0.05) is 55.2 Å². The summed E-state index contributed by atoms with van der Waals surface area (Å²) in [5, 5.41) is 9.03. The Morgan fingerprint density at radius 2 is 2.05 bits per heavy atom. The normalized spacial score (nSPS) is 18.4. The van der Waals surface area contributed by atoms with Crippen LogP contribution < -0.4 is 0 Å². The van der Waals surface area contributed by atoms with E-state index in [1.807, 2.05) is 24.3 Å². The van der Waals surface area contributed by atoms with Crippen LogP contribution in [0.2, 0.25) is 0 Å². The van der Waals surface area contributed by atoms with Crippen LogP contribution in [0.15, 0.2) is 29.2 Å². The number of carbonyl (C=O) groups is 2. The highest BCUT2D eigenvalue weighted by Gasteiger charge is 2.38. The van der Waals surface area contributed by atoms with E-state index < -0.39 is 12.0 Å². The number of thiocarbonyl (C=S) groups is 1. The molecule has 1 aliphatic rings. The minimum absolute atomic E-state index is 0.284. The van der Waals surface area contributed by atoms with Crippen LogP contribution >= 0.6 is 24.0 Å². The lowest BCUT2D eigenvalue weighted by molar-refractivity contribution is -0.144. The van der Waals surface area contributed by atoms with Gasteiger partial charge in [0, 0.05) is 0 Å². The molecule has 2 rings (SSSR count). The van der Waals surface area contributed by atoms with Gasteiger partial charge in [-0.25, -0.2) is 4.79 Å². The fourth-order valence-electron chi connectivity index (χ4n) is 1.93. The molecule has 0 aliphatic carbocycles. The van der Waals surface area contributed by atoms with Crippen molar-refractivity contribution in [1.82, 2.24) is 4.90 Å². The topological polar surface area (TPSA) is 57.6 Å². The van der Waals surface area contributed by atoms with E-state index in [1.165, 1.54) is 12.5 Å². The first kappa shape index (κ1) is 15.7. The predicted molar refractivity (Wildman–Crippen MR) is 87.9 cm³/mol. The fraction of sp³-hybridized carbons (Fsp3) is 0.267. The molecule has 4 nitrogen and oxygen atoms in total. The van der Waals surface area contributed by atoms with Crippen molar-refractivity contribution in [3.05, 3.63) is 40.3 Å². The first-order valence-electron chi connectivity index (χ1n) is 6.53. The van der Waals surface area contributed by atoms with Crippen LogP contribution in [0.25, 0.3) is 6.08 Å². The summed E-state index contributed by atoms with van der Waals surface area (Å²) in [6.07, 6.45) is 2.70. The minimum Gasteiger partial charge on any atom is -0.480 e. The highest BCUT2D eigenvalue weighted by Crippen LogP contribution is 2.33. The van der Waals surface area contributed by atoms with Gasteiger partial charge in [0.05, 0.1) is 4.91 Å². The van der Waals surface area contributed by atoms with Gasteiger partial charge in [0.1, 0.15) is 10.4 Å². The number of hydrogen-bond donors (Lipinski definition) is 1. The van der Waals surface area contributed by atoms with Gasteiger partial charge in [-0.15, -0.1) is 0 Å². The molecular weight excluding hydrogens is 306 g/mol. The quantitative estimate of drug-likeness (QED) is 0.682. The first-order chi connectivity index (χ1) is 9.93. The maximum absolute atomic E-state index is 12.3. The molecule has 0 bridgehead atoms. The zero-order valence-corrected chi connectivity index (χ0v) is 13.3. The Morgan fingerprint density at radius 1 is 1.43 bits per heavy atom. The number of amides is 1. The monoisotopic (exact) mass is 321 g/mol. The summed E-state index contributed by atoms with van der Waals surface area (Å²) in [5.74, 6) is -1.42. The van der Waals surface area contributed by atoms with Gasteiger partial charge < -0.3 is 5.11 Å². The summed E-state index contributed by atoms with van der Waals surface area (Å²) in [7, 11) is 0. The third kappa shape index (κ3) is 3.33. The fourth-order valence-corrected chi connectivity index (χ4v) is 3.34. The Labute approximate surface area is 132 Å². The molecule has 0 aromatic heterocycles. The van der Waals surface area contributed by atoms with Gasteiger partial charge in [0.2, 0.25) is 0 Å². The number of carboxylic acid groups (broad SMARTS) is 1. The molecule has 1 heterocycles. The molecule has 1 amide bonds. The Balaban J connectivity index is 2.25. The number of rotatable bonds is 4. The number of carboxylic acids is 1. The highest BCUT2D eigenvalue weighted by atomic mass is 32.2. The van der Waals surface area contributed by atoms with Gasteiger partial charge in [-0.2, -0.15) is 0 Å². The largest absolute Gasteiger partial charge is 0.480 e. The van der Waals surface area contributed by atoms with E-state index in [0.29, 0.717) is 4.91 Å². The van der Waals surface area contributed by atoms with E-state index in [0.717, 1.165) is 28.6 Å². The Morgan fingerprint density at radius 3 is 2.57 bits per heavy atom. The number of nitrogens with zero attached hydrogens (tertiary/aromatic N) is 1. The summed E-state index contributed by atoms with van der Waals surface area (Å²) in [6.45, 7) is 3.53. The van der Waals surface area contributed by atoms with Gasteiger partial charge in [-0.3, -0.25) is 9.69 Å². The smallest absolute Gasteiger partial charge is 0.326 e. The number of hydrogen-bond acceptors (Lipinski definition) is 4. The van der Waals surface area contributed by atoms with Crippen LogP contribution in [0.3, 0.4) is 0 Å². The molecule has 1 aromatic rings. The lowest BCUT2D eigenvalue weighted by Gasteiger charge is -2.18. The van der Waals surface area contributed by atoms with Crippen LogP contribution in [0.4, 0.5) is 0 Å². The second-order valence-corrected chi connectivity index (χ2v) is 6.34. The van der Waals surface area contributed by atoms with Crippen LogP contribution in [0.1, 0.15) is 25.0 Å². The maximum Gasteiger partial charge on any atom is 0.326 e. The Kier molecular flexibility index (Phi) is 4.80. The van der Waals surface area contributed by atoms with E-state index in [-0.39, 0.29) is 10.2 Å². The molecule has 110 valence electrons. The molecule has 1 aliphatic heterocycles. The minimum atomic E-state index is -1.07. The lowest BCUT2D eigenvalue weighted by Crippen LogP contribution is -2.41. The molecule has 0 unspecified atom stereocenters. The standard InChI is InChI=1S/C15H15NO3S2/c1-3-10-4-6-11(7-5-10)8-12-13(17)16(15(20)21-12)9(2)14(18)19/h4-9H,3H2,1-2H3,(H,18,19)/b12-8-/t9-/m0/s1. The number of thioether (sulfide) groups is 1. The van der Waals surface area contributed by atoms with E-state index in [4.69, 9.17) is 17.3 Å². The van der Waals surface area contributed by atoms with Crippen molar-refractivity contribution < 1.29 is 14.7 Å². The van der Waals surface area contributed by atoms with Gasteiger partial charge in [-0.05, 0) is 30.5 Å². The summed E-state index contributed by atoms with van der Waals surface area (Å²) in [6, 6.07) is 6.93. The third-order valence-electron chi connectivity index (χ3n) is 3.25. The zero-order valence-electron chi connectivity index (χ0n) is 11.7. The van der Waals surface area contributed by atoms with Crippen LogP contribution in [-0.4, -0.2) is 32.2 Å². The van der Waals surface area contributed by atoms with Gasteiger partial charge in [0.15, 0.2) is 0 Å². The van der Waals surface area contributed by atoms with Crippen LogP contribution in [-0.2, 0) is 16.0 Å². The van der Waals surface area contributed by atoms with Crippen molar-refractivity contribution in [2.45, 2.75) is 26.3 Å². The molecule has 1 aromatic carbocycles. The Bertz CT molecular complexity index is 622. The molecule has 6 heteroatoms. The highest BCUT2D eigenvalue weighted by molar-refractivity contribution is 8.26. The molecular formula is C15H15NO3S2. The average molecular weight is 321 g/mol. The van der Waals surface area contributed by atoms with Crippen molar-refractivity contribution in [1.29, 1.82) is 0 Å². The molecule has 0 saturated carbocycles. The Hall–Kier alpha value is -1.66. The van der Waals surface area contributed by atoms with Crippen molar-refractivity contribution in [3.63, 3.8) is 0 Å². The molecule has 1 N–H and O–H groups in total. The van der Waals surface area contributed by atoms with E-state index in [9.17, 15) is 9.59 Å². The lowest BCUT2D eigenvalue weighted by atomic mass is 10.1. The number of aliphatic carboxylic acids is 1. The van der Waals surface area contributed by atoms with Crippen LogP contribution in [0.5, 0.6) is 0 Å². The van der Waals surface area contributed by atoms with Crippen LogP contribution in [0, 0.1) is 0 Å². The average Bonchev–Trinajstić information content (AvgIpc) is 2.73. The summed E-state index contributed by atoms with van der Waals surface area (Å²) in [5.41, 5.74) is 2.12. The second kappa shape index (κ2) is 6.41. The zero-order chi connectivity index (χ0) is 15.6. The van der Waals surface area contributed by atoms with Crippen molar-refractivity contribution in [2.75, 3.05) is 0 Å². The third-order valence-corrected chi connectivity index (χ3v) is 4.58. The summed E-state index contributed by atoms with van der Waals surface area (Å²) >= 11 is 6.25. The summed E-state index contributed by atoms with van der Waals surface area (Å²) < 4.78 is 0.284.